The van der Waals surface area contributed by atoms with E-state index in [4.69, 9.17) is 4.74 Å². The first kappa shape index (κ1) is 22.8. The van der Waals surface area contributed by atoms with Crippen molar-refractivity contribution >= 4 is 50.8 Å². The number of nitrogens with one attached hydrogen (secondary N) is 1. The smallest absolute Gasteiger partial charge is 0.339 e. The molecule has 0 saturated heterocycles. The van der Waals surface area contributed by atoms with Crippen LogP contribution in [0.25, 0.3) is 0 Å². The molecule has 0 aliphatic carbocycles. The third-order valence-electron chi connectivity index (χ3n) is 5.05. The predicted molar refractivity (Wildman–Crippen MR) is 125 cm³/mol. The average molecular weight is 491 g/mol. The Bertz CT molecular complexity index is 970. The molecule has 31 heavy (non-hydrogen) atoms. The first-order chi connectivity index (χ1) is 14.8. The zero-order valence-electron chi connectivity index (χ0n) is 18.2. The van der Waals surface area contributed by atoms with Crippen molar-refractivity contribution in [2.24, 2.45) is 0 Å². The van der Waals surface area contributed by atoms with Crippen LogP contribution in [0.1, 0.15) is 24.2 Å². The van der Waals surface area contributed by atoms with Crippen molar-refractivity contribution in [3.63, 3.8) is 0 Å². The monoisotopic (exact) mass is 490 g/mol. The van der Waals surface area contributed by atoms with E-state index < -0.39 is 0 Å². The molecule has 2 aromatic rings. The highest BCUT2D eigenvalue weighted by Gasteiger charge is 2.24. The van der Waals surface area contributed by atoms with E-state index in [1.54, 1.807) is 31.1 Å². The van der Waals surface area contributed by atoms with Crippen molar-refractivity contribution in [1.82, 2.24) is 9.97 Å². The van der Waals surface area contributed by atoms with Crippen LogP contribution in [-0.4, -0.2) is 68.7 Å². The predicted octanol–water partition coefficient (Wildman–Crippen LogP) is 2.77. The Morgan fingerprint density at radius 1 is 1.10 bits per heavy atom. The van der Waals surface area contributed by atoms with Gasteiger partial charge in [0.25, 0.3) is 0 Å². The van der Waals surface area contributed by atoms with Crippen molar-refractivity contribution in [1.29, 1.82) is 0 Å². The molecular formula is C21H27BrN6O3. The Morgan fingerprint density at radius 2 is 1.84 bits per heavy atom. The average Bonchev–Trinajstić information content (AvgIpc) is 2.75. The fourth-order valence-electron chi connectivity index (χ4n) is 3.36. The van der Waals surface area contributed by atoms with Gasteiger partial charge in [0.1, 0.15) is 5.82 Å². The summed E-state index contributed by atoms with van der Waals surface area (Å²) in [6, 6.07) is 3.80. The van der Waals surface area contributed by atoms with Gasteiger partial charge < -0.3 is 19.9 Å². The fourth-order valence-corrected chi connectivity index (χ4v) is 3.68. The van der Waals surface area contributed by atoms with Crippen LogP contribution in [0.5, 0.6) is 0 Å². The zero-order chi connectivity index (χ0) is 22.5. The fraction of sp³-hybridized carbons (Fsp3) is 0.429. The molecule has 0 spiro atoms. The molecule has 10 heteroatoms. The minimum absolute atomic E-state index is 0.0409. The number of carbonyl (C=O) groups is 2. The molecule has 4 rings (SSSR count). The minimum Gasteiger partial charge on any atom is -0.462 e. The standard InChI is InChI=1S/C11H15N3O2.C10H12BrN3O/c1-3-16-11(15)8-6-9-10(13-7-8)12-4-5-14(9)2;1-7(15)14-4-3-13(2)9-5-8(11)6-12-10(9)14/h6-7H,3-5H2,1-2H3,(H,12,13);5-6H,3-4H2,1-2H3. The maximum atomic E-state index is 11.5. The number of amides is 1. The lowest BCUT2D eigenvalue weighted by Gasteiger charge is -2.34. The van der Waals surface area contributed by atoms with E-state index in [0.29, 0.717) is 18.7 Å². The number of hydrogen-bond acceptors (Lipinski definition) is 8. The van der Waals surface area contributed by atoms with Gasteiger partial charge in [-0.2, -0.15) is 0 Å². The topological polar surface area (TPSA) is 90.9 Å². The van der Waals surface area contributed by atoms with Gasteiger partial charge in [0.15, 0.2) is 5.82 Å². The number of pyridine rings is 2. The van der Waals surface area contributed by atoms with E-state index in [1.165, 1.54) is 0 Å². The van der Waals surface area contributed by atoms with Crippen molar-refractivity contribution in [3.05, 3.63) is 34.6 Å². The summed E-state index contributed by atoms with van der Waals surface area (Å²) in [4.78, 5) is 37.3. The summed E-state index contributed by atoms with van der Waals surface area (Å²) in [5, 5.41) is 3.19. The van der Waals surface area contributed by atoms with Gasteiger partial charge in [-0.15, -0.1) is 0 Å². The molecule has 0 aromatic carbocycles. The lowest BCUT2D eigenvalue weighted by Crippen LogP contribution is -2.42. The Balaban J connectivity index is 0.000000176. The summed E-state index contributed by atoms with van der Waals surface area (Å²) in [6.07, 6.45) is 3.26. The third kappa shape index (κ3) is 5.25. The van der Waals surface area contributed by atoms with Gasteiger partial charge in [0.2, 0.25) is 5.91 Å². The number of halogens is 1. The van der Waals surface area contributed by atoms with Crippen molar-refractivity contribution in [2.75, 3.05) is 66.9 Å². The maximum absolute atomic E-state index is 11.5. The summed E-state index contributed by atoms with van der Waals surface area (Å²) >= 11 is 3.38. The van der Waals surface area contributed by atoms with Crippen LogP contribution in [0.3, 0.4) is 0 Å². The lowest BCUT2D eigenvalue weighted by atomic mass is 10.2. The molecule has 1 N–H and O–H groups in total. The second kappa shape index (κ2) is 9.95. The SMILES string of the molecule is CC(=O)N1CCN(C)c2cc(Br)cnc21.CCOC(=O)c1cnc2c(c1)N(C)CCN2. The first-order valence-corrected chi connectivity index (χ1v) is 10.9. The van der Waals surface area contributed by atoms with Crippen LogP contribution in [0.4, 0.5) is 23.0 Å². The van der Waals surface area contributed by atoms with Crippen LogP contribution in [0, 0.1) is 0 Å². The molecule has 0 atom stereocenters. The molecule has 1 amide bonds. The Hall–Kier alpha value is -2.88. The summed E-state index contributed by atoms with van der Waals surface area (Å²) in [6.45, 7) is 7.05. The second-order valence-electron chi connectivity index (χ2n) is 7.25. The van der Waals surface area contributed by atoms with E-state index in [-0.39, 0.29) is 11.9 Å². The van der Waals surface area contributed by atoms with Crippen LogP contribution < -0.4 is 20.0 Å². The Kier molecular flexibility index (Phi) is 7.32. The molecule has 0 saturated carbocycles. The molecule has 0 radical (unpaired) electrons. The highest BCUT2D eigenvalue weighted by molar-refractivity contribution is 9.10. The number of aromatic nitrogens is 2. The number of carbonyl (C=O) groups excluding carboxylic acids is 2. The Labute approximate surface area is 190 Å². The van der Waals surface area contributed by atoms with Gasteiger partial charge in [-0.3, -0.25) is 9.69 Å². The second-order valence-corrected chi connectivity index (χ2v) is 8.16. The largest absolute Gasteiger partial charge is 0.462 e. The maximum Gasteiger partial charge on any atom is 0.339 e. The molecule has 2 aliphatic rings. The number of fused-ring (bicyclic) bond motifs is 2. The number of rotatable bonds is 2. The molecule has 0 bridgehead atoms. The van der Waals surface area contributed by atoms with Crippen LogP contribution >= 0.6 is 15.9 Å². The minimum atomic E-state index is -0.322. The van der Waals surface area contributed by atoms with E-state index >= 15 is 0 Å². The van der Waals surface area contributed by atoms with E-state index in [9.17, 15) is 9.59 Å². The van der Waals surface area contributed by atoms with Gasteiger partial charge in [-0.1, -0.05) is 0 Å². The zero-order valence-corrected chi connectivity index (χ0v) is 19.8. The summed E-state index contributed by atoms with van der Waals surface area (Å²) in [7, 11) is 3.99. The van der Waals surface area contributed by atoms with Gasteiger partial charge in [-0.05, 0) is 35.0 Å². The molecule has 0 unspecified atom stereocenters. The number of hydrogen-bond donors (Lipinski definition) is 1. The molecular weight excluding hydrogens is 464 g/mol. The first-order valence-electron chi connectivity index (χ1n) is 10.1. The number of likely N-dealkylation sites (N-methyl/N-ethyl adjacent to an activating group) is 2. The van der Waals surface area contributed by atoms with Crippen LogP contribution in [0.2, 0.25) is 0 Å². The highest BCUT2D eigenvalue weighted by Crippen LogP contribution is 2.32. The quantitative estimate of drug-likeness (QED) is 0.642. The number of esters is 1. The molecule has 166 valence electrons. The van der Waals surface area contributed by atoms with Crippen molar-refractivity contribution < 1.29 is 14.3 Å². The Morgan fingerprint density at radius 3 is 2.55 bits per heavy atom. The van der Waals surface area contributed by atoms with Crippen LogP contribution in [0.15, 0.2) is 29.0 Å². The normalized spacial score (nSPS) is 14.5. The van der Waals surface area contributed by atoms with Gasteiger partial charge >= 0.3 is 5.97 Å². The van der Waals surface area contributed by atoms with E-state index in [2.05, 4.69) is 41.0 Å². The summed E-state index contributed by atoms with van der Waals surface area (Å²) < 4.78 is 5.87. The number of ether oxygens (including phenoxy) is 1. The molecule has 2 aliphatic heterocycles. The molecule has 9 nitrogen and oxygen atoms in total. The van der Waals surface area contributed by atoms with Gasteiger partial charge in [0, 0.05) is 64.1 Å². The molecule has 4 heterocycles. The number of anilines is 4. The third-order valence-corrected chi connectivity index (χ3v) is 5.48. The highest BCUT2D eigenvalue weighted by atomic mass is 79.9. The summed E-state index contributed by atoms with van der Waals surface area (Å²) in [5.74, 6) is 1.29. The van der Waals surface area contributed by atoms with E-state index in [1.807, 2.05) is 26.2 Å². The van der Waals surface area contributed by atoms with Crippen molar-refractivity contribution in [2.45, 2.75) is 13.8 Å². The lowest BCUT2D eigenvalue weighted by molar-refractivity contribution is -0.116. The van der Waals surface area contributed by atoms with Crippen molar-refractivity contribution in [3.8, 4) is 0 Å². The molecule has 0 fully saturated rings. The van der Waals surface area contributed by atoms with E-state index in [0.717, 1.165) is 47.1 Å². The van der Waals surface area contributed by atoms with Gasteiger partial charge in [-0.25, -0.2) is 14.8 Å². The molecule has 2 aromatic heterocycles. The summed E-state index contributed by atoms with van der Waals surface area (Å²) in [5.41, 5.74) is 2.43. The van der Waals surface area contributed by atoms with Crippen LogP contribution in [-0.2, 0) is 9.53 Å². The number of nitrogens with zero attached hydrogens (tertiary/aromatic N) is 5. The van der Waals surface area contributed by atoms with Gasteiger partial charge in [0.05, 0.1) is 23.5 Å².